The van der Waals surface area contributed by atoms with Crippen LogP contribution in [0.4, 0.5) is 11.6 Å². The number of amides is 1. The predicted octanol–water partition coefficient (Wildman–Crippen LogP) is 3.33. The zero-order chi connectivity index (χ0) is 19.1. The van der Waals surface area contributed by atoms with E-state index in [2.05, 4.69) is 25.6 Å². The summed E-state index contributed by atoms with van der Waals surface area (Å²) in [5.41, 5.74) is 1.78. The monoisotopic (exact) mass is 363 g/mol. The molecule has 0 aliphatic rings. The molecule has 7 nitrogen and oxygen atoms in total. The number of carbonyl (C=O) groups is 1. The maximum Gasteiger partial charge on any atom is 0.270 e. The number of ether oxygens (including phenoxy) is 1. The van der Waals surface area contributed by atoms with Gasteiger partial charge in [-0.2, -0.15) is 0 Å². The number of rotatable bonds is 7. The average Bonchev–Trinajstić information content (AvgIpc) is 2.68. The Kier molecular flexibility index (Phi) is 5.94. The van der Waals surface area contributed by atoms with Crippen molar-refractivity contribution >= 4 is 17.5 Å². The normalized spacial score (nSPS) is 10.5. The molecule has 2 aromatic heterocycles. The summed E-state index contributed by atoms with van der Waals surface area (Å²) < 4.78 is 5.78. The van der Waals surface area contributed by atoms with E-state index in [1.807, 2.05) is 56.3 Å². The van der Waals surface area contributed by atoms with Gasteiger partial charge in [0.25, 0.3) is 5.91 Å². The van der Waals surface area contributed by atoms with E-state index < -0.39 is 0 Å². The van der Waals surface area contributed by atoms with Crippen LogP contribution in [0.1, 0.15) is 30.0 Å². The number of benzene rings is 1. The third kappa shape index (κ3) is 5.24. The highest BCUT2D eigenvalue weighted by atomic mass is 16.5. The fraction of sp³-hybridized carbons (Fsp3) is 0.200. The van der Waals surface area contributed by atoms with Crippen molar-refractivity contribution in [3.8, 4) is 5.75 Å². The first-order valence-electron chi connectivity index (χ1n) is 8.65. The molecule has 0 saturated carbocycles. The molecule has 1 amide bonds. The van der Waals surface area contributed by atoms with E-state index in [-0.39, 0.29) is 17.7 Å². The Morgan fingerprint density at radius 1 is 1.04 bits per heavy atom. The number of carbonyl (C=O) groups excluding carboxylic acids is 1. The second kappa shape index (κ2) is 8.75. The van der Waals surface area contributed by atoms with Crippen LogP contribution in [0, 0.1) is 0 Å². The summed E-state index contributed by atoms with van der Waals surface area (Å²) in [4.78, 5) is 25.0. The number of hydrogen-bond donors (Lipinski definition) is 2. The van der Waals surface area contributed by atoms with Crippen LogP contribution in [0.3, 0.4) is 0 Å². The zero-order valence-corrected chi connectivity index (χ0v) is 15.2. The molecule has 0 spiro atoms. The van der Waals surface area contributed by atoms with Crippen LogP contribution in [-0.4, -0.2) is 27.0 Å². The minimum atomic E-state index is -0.294. The first-order chi connectivity index (χ1) is 13.1. The third-order valence-electron chi connectivity index (χ3n) is 3.54. The number of anilines is 2. The van der Waals surface area contributed by atoms with E-state index in [0.717, 1.165) is 11.4 Å². The Bertz CT molecular complexity index is 900. The Hall–Kier alpha value is -3.48. The van der Waals surface area contributed by atoms with Gasteiger partial charge >= 0.3 is 0 Å². The van der Waals surface area contributed by atoms with Crippen molar-refractivity contribution in [2.24, 2.45) is 0 Å². The van der Waals surface area contributed by atoms with E-state index in [0.29, 0.717) is 18.2 Å². The summed E-state index contributed by atoms with van der Waals surface area (Å²) >= 11 is 0. The fourth-order valence-corrected chi connectivity index (χ4v) is 2.36. The molecule has 0 radical (unpaired) electrons. The molecule has 0 aliphatic carbocycles. The smallest absolute Gasteiger partial charge is 0.270 e. The lowest BCUT2D eigenvalue weighted by Crippen LogP contribution is -2.24. The summed E-state index contributed by atoms with van der Waals surface area (Å²) in [5.74, 6) is 0.721. The van der Waals surface area contributed by atoms with E-state index in [4.69, 9.17) is 4.74 Å². The standard InChI is InChI=1S/C20H21N5O2/c1-14(2)27-18-9-4-3-8-16(18)24-20-22-12-10-17(25-20)19(26)23-13-15-7-5-6-11-21-15/h3-12,14H,13H2,1-2H3,(H,23,26)(H,22,24,25). The van der Waals surface area contributed by atoms with Gasteiger partial charge in [0.05, 0.1) is 24.0 Å². The Morgan fingerprint density at radius 3 is 2.63 bits per heavy atom. The van der Waals surface area contributed by atoms with Crippen molar-refractivity contribution < 1.29 is 9.53 Å². The SMILES string of the molecule is CC(C)Oc1ccccc1Nc1nccc(C(=O)NCc2ccccn2)n1. The molecule has 1 aromatic carbocycles. The van der Waals surface area contributed by atoms with E-state index in [1.165, 1.54) is 6.20 Å². The molecular formula is C20H21N5O2. The van der Waals surface area contributed by atoms with E-state index in [9.17, 15) is 4.79 Å². The van der Waals surface area contributed by atoms with Gasteiger partial charge in [-0.25, -0.2) is 9.97 Å². The molecule has 138 valence electrons. The first-order valence-corrected chi connectivity index (χ1v) is 8.65. The largest absolute Gasteiger partial charge is 0.489 e. The van der Waals surface area contributed by atoms with E-state index >= 15 is 0 Å². The minimum absolute atomic E-state index is 0.0394. The van der Waals surface area contributed by atoms with E-state index in [1.54, 1.807) is 12.3 Å². The van der Waals surface area contributed by atoms with Gasteiger partial charge in [0, 0.05) is 12.4 Å². The van der Waals surface area contributed by atoms with Gasteiger partial charge in [-0.15, -0.1) is 0 Å². The highest BCUT2D eigenvalue weighted by molar-refractivity contribution is 5.92. The number of nitrogens with zero attached hydrogens (tertiary/aromatic N) is 3. The second-order valence-corrected chi connectivity index (χ2v) is 6.06. The van der Waals surface area contributed by atoms with Gasteiger partial charge in [-0.05, 0) is 44.2 Å². The van der Waals surface area contributed by atoms with Crippen molar-refractivity contribution in [3.63, 3.8) is 0 Å². The third-order valence-corrected chi connectivity index (χ3v) is 3.54. The second-order valence-electron chi connectivity index (χ2n) is 6.06. The number of pyridine rings is 1. The van der Waals surface area contributed by atoms with Crippen LogP contribution >= 0.6 is 0 Å². The molecule has 0 atom stereocenters. The van der Waals surface area contributed by atoms with Crippen molar-refractivity contribution in [2.45, 2.75) is 26.5 Å². The molecule has 0 bridgehead atoms. The molecule has 2 heterocycles. The molecule has 27 heavy (non-hydrogen) atoms. The van der Waals surface area contributed by atoms with Crippen LogP contribution in [-0.2, 0) is 6.54 Å². The van der Waals surface area contributed by atoms with Crippen LogP contribution in [0.2, 0.25) is 0 Å². The fourth-order valence-electron chi connectivity index (χ4n) is 2.36. The Balaban J connectivity index is 1.69. The van der Waals surface area contributed by atoms with Gasteiger partial charge in [-0.1, -0.05) is 18.2 Å². The van der Waals surface area contributed by atoms with Gasteiger partial charge in [0.15, 0.2) is 0 Å². The van der Waals surface area contributed by atoms with Crippen LogP contribution in [0.25, 0.3) is 0 Å². The maximum atomic E-state index is 12.4. The van der Waals surface area contributed by atoms with Crippen molar-refractivity contribution in [2.75, 3.05) is 5.32 Å². The first kappa shape index (κ1) is 18.3. The average molecular weight is 363 g/mol. The van der Waals surface area contributed by atoms with Gasteiger partial charge < -0.3 is 15.4 Å². The molecule has 7 heteroatoms. The maximum absolute atomic E-state index is 12.4. The summed E-state index contributed by atoms with van der Waals surface area (Å²) in [5, 5.41) is 5.91. The lowest BCUT2D eigenvalue weighted by atomic mass is 10.3. The lowest BCUT2D eigenvalue weighted by Gasteiger charge is -2.14. The minimum Gasteiger partial charge on any atom is -0.489 e. The van der Waals surface area contributed by atoms with Gasteiger partial charge in [0.1, 0.15) is 11.4 Å². The highest BCUT2D eigenvalue weighted by Gasteiger charge is 2.11. The van der Waals surface area contributed by atoms with Gasteiger partial charge in [-0.3, -0.25) is 9.78 Å². The number of aromatic nitrogens is 3. The zero-order valence-electron chi connectivity index (χ0n) is 15.2. The molecule has 0 fully saturated rings. The Labute approximate surface area is 157 Å². The van der Waals surface area contributed by atoms with Crippen LogP contribution in [0.15, 0.2) is 60.9 Å². The summed E-state index contributed by atoms with van der Waals surface area (Å²) in [6.07, 6.45) is 3.26. The lowest BCUT2D eigenvalue weighted by molar-refractivity contribution is 0.0945. The van der Waals surface area contributed by atoms with Crippen LogP contribution < -0.4 is 15.4 Å². The van der Waals surface area contributed by atoms with Crippen molar-refractivity contribution in [1.29, 1.82) is 0 Å². The summed E-state index contributed by atoms with van der Waals surface area (Å²) in [6, 6.07) is 14.6. The quantitative estimate of drug-likeness (QED) is 0.669. The predicted molar refractivity (Wildman–Crippen MR) is 103 cm³/mol. The molecule has 0 aliphatic heterocycles. The highest BCUT2D eigenvalue weighted by Crippen LogP contribution is 2.26. The molecular weight excluding hydrogens is 342 g/mol. The number of nitrogens with one attached hydrogen (secondary N) is 2. The van der Waals surface area contributed by atoms with Gasteiger partial charge in [0.2, 0.25) is 5.95 Å². The molecule has 3 rings (SSSR count). The van der Waals surface area contributed by atoms with Crippen LogP contribution in [0.5, 0.6) is 5.75 Å². The topological polar surface area (TPSA) is 89.0 Å². The molecule has 0 unspecified atom stereocenters. The van der Waals surface area contributed by atoms with Crippen molar-refractivity contribution in [3.05, 3.63) is 72.3 Å². The Morgan fingerprint density at radius 2 is 1.85 bits per heavy atom. The van der Waals surface area contributed by atoms with Crippen molar-refractivity contribution in [1.82, 2.24) is 20.3 Å². The summed E-state index contributed by atoms with van der Waals surface area (Å²) in [7, 11) is 0. The number of para-hydroxylation sites is 2. The summed E-state index contributed by atoms with van der Waals surface area (Å²) in [6.45, 7) is 4.25. The number of hydrogen-bond acceptors (Lipinski definition) is 6. The molecule has 2 N–H and O–H groups in total. The molecule has 3 aromatic rings. The molecule has 0 saturated heterocycles.